The van der Waals surface area contributed by atoms with Gasteiger partial charge in [-0.25, -0.2) is 13.8 Å². The van der Waals surface area contributed by atoms with Crippen molar-refractivity contribution >= 4 is 20.8 Å². The molecule has 0 heterocycles. The third-order valence-corrected chi connectivity index (χ3v) is 5.25. The van der Waals surface area contributed by atoms with Gasteiger partial charge in [-0.1, -0.05) is 75.4 Å². The van der Waals surface area contributed by atoms with Crippen molar-refractivity contribution in [1.82, 2.24) is 10.3 Å². The Labute approximate surface area is 139 Å². The van der Waals surface area contributed by atoms with E-state index in [-0.39, 0.29) is 0 Å². The molecule has 0 aliphatic heterocycles. The first kappa shape index (κ1) is 17.9. The molecule has 0 spiro atoms. The molecular formula is C18H26N2O2S. The highest BCUT2D eigenvalue weighted by molar-refractivity contribution is 7.89. The van der Waals surface area contributed by atoms with E-state index in [4.69, 9.17) is 0 Å². The third kappa shape index (κ3) is 5.30. The zero-order valence-corrected chi connectivity index (χ0v) is 14.5. The fourth-order valence-electron chi connectivity index (χ4n) is 2.62. The Morgan fingerprint density at radius 2 is 1.57 bits per heavy atom. The lowest BCUT2D eigenvalue weighted by Crippen LogP contribution is -2.37. The smallest absolute Gasteiger partial charge is 0.244 e. The normalized spacial score (nSPS) is 11.9. The van der Waals surface area contributed by atoms with Crippen molar-refractivity contribution in [3.05, 3.63) is 42.5 Å². The summed E-state index contributed by atoms with van der Waals surface area (Å²) in [5, 5.41) is 1.66. The molecule has 2 aromatic rings. The van der Waals surface area contributed by atoms with Gasteiger partial charge >= 0.3 is 0 Å². The summed E-state index contributed by atoms with van der Waals surface area (Å²) in [6, 6.07) is 12.8. The number of nitrogens with one attached hydrogen (secondary N) is 2. The first-order valence-corrected chi connectivity index (χ1v) is 9.86. The molecular weight excluding hydrogens is 308 g/mol. The number of hydrogen-bond donors (Lipinski definition) is 2. The Hall–Kier alpha value is -1.43. The van der Waals surface area contributed by atoms with Crippen LogP contribution in [-0.4, -0.2) is 15.0 Å². The molecule has 0 aliphatic carbocycles. The minimum Gasteiger partial charge on any atom is -0.244 e. The molecule has 0 saturated carbocycles. The molecule has 0 bridgehead atoms. The first-order chi connectivity index (χ1) is 11.1. The topological polar surface area (TPSA) is 58.2 Å². The van der Waals surface area contributed by atoms with Crippen LogP contribution in [-0.2, 0) is 10.0 Å². The number of benzene rings is 2. The van der Waals surface area contributed by atoms with Crippen LogP contribution in [0.2, 0.25) is 0 Å². The number of hydrogen-bond acceptors (Lipinski definition) is 3. The first-order valence-electron chi connectivity index (χ1n) is 8.37. The Morgan fingerprint density at radius 1 is 0.870 bits per heavy atom. The molecule has 2 aromatic carbocycles. The second-order valence-electron chi connectivity index (χ2n) is 5.78. The molecule has 0 amide bonds. The number of unbranched alkanes of at least 4 members (excludes halogenated alkanes) is 5. The third-order valence-electron chi connectivity index (χ3n) is 3.90. The summed E-state index contributed by atoms with van der Waals surface area (Å²) in [6.07, 6.45) is 7.10. The Balaban J connectivity index is 1.87. The molecule has 2 rings (SSSR count). The van der Waals surface area contributed by atoms with Gasteiger partial charge < -0.3 is 0 Å². The summed E-state index contributed by atoms with van der Waals surface area (Å²) in [5.41, 5.74) is 2.84. The zero-order valence-electron chi connectivity index (χ0n) is 13.7. The Morgan fingerprint density at radius 3 is 2.39 bits per heavy atom. The average Bonchev–Trinajstić information content (AvgIpc) is 2.56. The summed E-state index contributed by atoms with van der Waals surface area (Å²) in [6.45, 7) is 2.85. The van der Waals surface area contributed by atoms with Crippen LogP contribution >= 0.6 is 0 Å². The van der Waals surface area contributed by atoms with Crippen LogP contribution in [0.3, 0.4) is 0 Å². The van der Waals surface area contributed by atoms with Gasteiger partial charge in [-0.3, -0.25) is 0 Å². The van der Waals surface area contributed by atoms with Crippen LogP contribution in [0.25, 0.3) is 10.8 Å². The number of fused-ring (bicyclic) bond motifs is 1. The lowest BCUT2D eigenvalue weighted by Gasteiger charge is -2.10. The maximum atomic E-state index is 12.4. The summed E-state index contributed by atoms with van der Waals surface area (Å²) in [5.74, 6) is 0. The average molecular weight is 334 g/mol. The lowest BCUT2D eigenvalue weighted by atomic mass is 10.1. The van der Waals surface area contributed by atoms with Crippen molar-refractivity contribution < 1.29 is 8.42 Å². The van der Waals surface area contributed by atoms with Gasteiger partial charge in [0.05, 0.1) is 4.90 Å². The SMILES string of the molecule is CCCCCCCCNNS(=O)(=O)c1cccc2ccccc12. The standard InChI is InChI=1S/C18H26N2O2S/c1-2-3-4-5-6-9-15-19-20-23(21,22)18-14-10-12-16-11-7-8-13-17(16)18/h7-8,10-14,19-20H,2-6,9,15H2,1H3. The molecule has 0 fully saturated rings. The van der Waals surface area contributed by atoms with Gasteiger partial charge in [-0.05, 0) is 17.9 Å². The quantitative estimate of drug-likeness (QED) is 0.510. The number of rotatable bonds is 10. The summed E-state index contributed by atoms with van der Waals surface area (Å²) in [7, 11) is -3.55. The predicted octanol–water partition coefficient (Wildman–Crippen LogP) is 3.98. The van der Waals surface area contributed by atoms with Crippen LogP contribution in [0.5, 0.6) is 0 Å². The monoisotopic (exact) mass is 334 g/mol. The van der Waals surface area contributed by atoms with E-state index in [1.54, 1.807) is 12.1 Å². The van der Waals surface area contributed by atoms with Crippen molar-refractivity contribution in [1.29, 1.82) is 0 Å². The van der Waals surface area contributed by atoms with Gasteiger partial charge in [0.25, 0.3) is 10.0 Å². The van der Waals surface area contributed by atoms with Gasteiger partial charge in [0, 0.05) is 11.9 Å². The molecule has 2 N–H and O–H groups in total. The van der Waals surface area contributed by atoms with Gasteiger partial charge in [0.1, 0.15) is 0 Å². The summed E-state index contributed by atoms with van der Waals surface area (Å²) >= 11 is 0. The zero-order chi connectivity index (χ0) is 16.5. The van der Waals surface area contributed by atoms with Crippen molar-refractivity contribution in [3.8, 4) is 0 Å². The number of sulfonamides is 1. The predicted molar refractivity (Wildman–Crippen MR) is 95.6 cm³/mol. The Kier molecular flexibility index (Phi) is 7.02. The van der Waals surface area contributed by atoms with E-state index in [0.717, 1.165) is 23.6 Å². The molecule has 0 unspecified atom stereocenters. The summed E-state index contributed by atoms with van der Waals surface area (Å²) in [4.78, 5) is 2.80. The van der Waals surface area contributed by atoms with Gasteiger partial charge in [0.2, 0.25) is 0 Å². The highest BCUT2D eigenvalue weighted by Gasteiger charge is 2.16. The highest BCUT2D eigenvalue weighted by atomic mass is 32.2. The molecule has 126 valence electrons. The van der Waals surface area contributed by atoms with Crippen molar-refractivity contribution in [2.75, 3.05) is 6.54 Å². The van der Waals surface area contributed by atoms with E-state index in [2.05, 4.69) is 17.2 Å². The van der Waals surface area contributed by atoms with E-state index < -0.39 is 10.0 Å². The van der Waals surface area contributed by atoms with Crippen LogP contribution in [0.4, 0.5) is 0 Å². The largest absolute Gasteiger partial charge is 0.253 e. The minimum atomic E-state index is -3.55. The fraction of sp³-hybridized carbons (Fsp3) is 0.444. The van der Waals surface area contributed by atoms with E-state index in [9.17, 15) is 8.42 Å². The molecule has 0 atom stereocenters. The number of hydrazine groups is 1. The van der Waals surface area contributed by atoms with Crippen LogP contribution in [0.15, 0.2) is 47.4 Å². The summed E-state index contributed by atoms with van der Waals surface area (Å²) < 4.78 is 24.9. The lowest BCUT2D eigenvalue weighted by molar-refractivity contribution is 0.534. The fourth-order valence-corrected chi connectivity index (χ4v) is 3.76. The molecule has 0 aliphatic rings. The minimum absolute atomic E-state index is 0.311. The van der Waals surface area contributed by atoms with Crippen LogP contribution in [0.1, 0.15) is 45.4 Å². The van der Waals surface area contributed by atoms with Gasteiger partial charge in [0.15, 0.2) is 0 Å². The molecule has 0 radical (unpaired) electrons. The molecule has 0 aromatic heterocycles. The molecule has 4 nitrogen and oxygen atoms in total. The second kappa shape index (κ2) is 9.01. The van der Waals surface area contributed by atoms with Gasteiger partial charge in [-0.15, -0.1) is 4.83 Å². The van der Waals surface area contributed by atoms with Crippen molar-refractivity contribution in [2.24, 2.45) is 0 Å². The molecule has 0 saturated heterocycles. The maximum absolute atomic E-state index is 12.4. The van der Waals surface area contributed by atoms with E-state index in [1.807, 2.05) is 30.3 Å². The Bertz CT molecular complexity index is 709. The highest BCUT2D eigenvalue weighted by Crippen LogP contribution is 2.22. The maximum Gasteiger partial charge on any atom is 0.253 e. The van der Waals surface area contributed by atoms with Crippen LogP contribution < -0.4 is 10.3 Å². The van der Waals surface area contributed by atoms with Crippen molar-refractivity contribution in [3.63, 3.8) is 0 Å². The van der Waals surface area contributed by atoms with E-state index in [0.29, 0.717) is 11.4 Å². The van der Waals surface area contributed by atoms with E-state index in [1.165, 1.54) is 25.7 Å². The van der Waals surface area contributed by atoms with Crippen LogP contribution in [0, 0.1) is 0 Å². The molecule has 23 heavy (non-hydrogen) atoms. The van der Waals surface area contributed by atoms with E-state index >= 15 is 0 Å². The van der Waals surface area contributed by atoms with Crippen molar-refractivity contribution in [2.45, 2.75) is 50.3 Å². The molecule has 5 heteroatoms. The second-order valence-corrected chi connectivity index (χ2v) is 7.43. The van der Waals surface area contributed by atoms with Gasteiger partial charge in [-0.2, -0.15) is 0 Å².